The maximum atomic E-state index is 5.00. The lowest BCUT2D eigenvalue weighted by molar-refractivity contribution is 0.402. The number of methoxy groups -OCH3 is 1. The number of aliphatic imine (C=N–C) groups is 1. The van der Waals surface area contributed by atoms with Crippen molar-refractivity contribution in [2.75, 3.05) is 19.4 Å². The molecule has 0 atom stereocenters. The summed E-state index contributed by atoms with van der Waals surface area (Å²) in [5, 5.41) is 4.30. The van der Waals surface area contributed by atoms with Crippen molar-refractivity contribution in [2.24, 2.45) is 4.99 Å². The van der Waals surface area contributed by atoms with Gasteiger partial charge in [0, 0.05) is 16.7 Å². The molecule has 1 aliphatic rings. The highest BCUT2D eigenvalue weighted by molar-refractivity contribution is 8.14. The van der Waals surface area contributed by atoms with Gasteiger partial charge in [0.2, 0.25) is 5.88 Å². The minimum atomic E-state index is 0.688. The van der Waals surface area contributed by atoms with E-state index in [0.29, 0.717) is 5.88 Å². The van der Waals surface area contributed by atoms with Crippen LogP contribution in [0.1, 0.15) is 4.88 Å². The number of rotatable bonds is 3. The Morgan fingerprint density at radius 3 is 3.21 bits per heavy atom. The number of hydrogen-bond acceptors (Lipinski definition) is 6. The zero-order valence-corrected chi connectivity index (χ0v) is 9.45. The van der Waals surface area contributed by atoms with Crippen LogP contribution in [0.4, 0.5) is 0 Å². The molecule has 0 bridgehead atoms. The Hall–Kier alpha value is -0.750. The van der Waals surface area contributed by atoms with Crippen molar-refractivity contribution < 1.29 is 4.74 Å². The molecule has 1 N–H and O–H groups in total. The van der Waals surface area contributed by atoms with Crippen LogP contribution in [0.15, 0.2) is 11.1 Å². The summed E-state index contributed by atoms with van der Waals surface area (Å²) in [7, 11) is 1.63. The second-order valence-electron chi connectivity index (χ2n) is 2.72. The third-order valence-corrected chi connectivity index (χ3v) is 3.45. The minimum Gasteiger partial charge on any atom is -0.480 e. The second kappa shape index (κ2) is 4.65. The molecule has 0 fully saturated rings. The summed E-state index contributed by atoms with van der Waals surface area (Å²) in [5.74, 6) is 1.78. The molecule has 2 rings (SSSR count). The zero-order chi connectivity index (χ0) is 9.80. The molecule has 2 heterocycles. The van der Waals surface area contributed by atoms with Crippen LogP contribution in [0.3, 0.4) is 0 Å². The maximum absolute atomic E-state index is 5.00. The molecule has 1 aromatic heterocycles. The molecule has 76 valence electrons. The number of hydrogen-bond donors (Lipinski definition) is 1. The number of nitrogens with one attached hydrogen (secondary N) is 1. The van der Waals surface area contributed by atoms with E-state index < -0.39 is 0 Å². The van der Waals surface area contributed by atoms with Crippen molar-refractivity contribution in [2.45, 2.75) is 6.54 Å². The van der Waals surface area contributed by atoms with Gasteiger partial charge in [0.25, 0.3) is 0 Å². The van der Waals surface area contributed by atoms with Crippen LogP contribution < -0.4 is 10.1 Å². The van der Waals surface area contributed by atoms with Gasteiger partial charge in [-0.25, -0.2) is 0 Å². The average Bonchev–Trinajstić information content (AvgIpc) is 2.86. The molecule has 1 aliphatic heterocycles. The zero-order valence-electron chi connectivity index (χ0n) is 7.82. The monoisotopic (exact) mass is 229 g/mol. The SMILES string of the molecule is COc1cc(CNC2=NCCS2)sn1. The van der Waals surface area contributed by atoms with E-state index in [1.54, 1.807) is 18.9 Å². The number of nitrogens with zero attached hydrogens (tertiary/aromatic N) is 2. The highest BCUT2D eigenvalue weighted by Crippen LogP contribution is 2.16. The molecule has 0 saturated carbocycles. The number of aromatic nitrogens is 1. The molecular formula is C8H11N3OS2. The molecule has 6 heteroatoms. The summed E-state index contributed by atoms with van der Waals surface area (Å²) in [5.41, 5.74) is 0. The quantitative estimate of drug-likeness (QED) is 0.849. The lowest BCUT2D eigenvalue weighted by atomic mass is 10.5. The number of thioether (sulfide) groups is 1. The summed E-state index contributed by atoms with van der Waals surface area (Å²) in [6.45, 7) is 1.71. The van der Waals surface area contributed by atoms with Crippen LogP contribution >= 0.6 is 23.3 Å². The Kier molecular flexibility index (Phi) is 3.26. The molecular weight excluding hydrogens is 218 g/mol. The van der Waals surface area contributed by atoms with E-state index in [-0.39, 0.29) is 0 Å². The summed E-state index contributed by atoms with van der Waals surface area (Å²) >= 11 is 3.22. The van der Waals surface area contributed by atoms with Crippen molar-refractivity contribution in [3.63, 3.8) is 0 Å². The van der Waals surface area contributed by atoms with Gasteiger partial charge in [-0.15, -0.1) is 0 Å². The highest BCUT2D eigenvalue weighted by Gasteiger charge is 2.07. The minimum absolute atomic E-state index is 0.688. The Bertz CT molecular complexity index is 337. The smallest absolute Gasteiger partial charge is 0.225 e. The van der Waals surface area contributed by atoms with Crippen molar-refractivity contribution in [3.05, 3.63) is 10.9 Å². The number of ether oxygens (including phenoxy) is 1. The summed E-state index contributed by atoms with van der Waals surface area (Å²) in [6, 6.07) is 1.94. The lowest BCUT2D eigenvalue weighted by Gasteiger charge is -2.00. The molecule has 0 amide bonds. The third kappa shape index (κ3) is 2.39. The molecule has 0 aliphatic carbocycles. The fraction of sp³-hybridized carbons (Fsp3) is 0.500. The average molecular weight is 229 g/mol. The van der Waals surface area contributed by atoms with Gasteiger partial charge < -0.3 is 10.1 Å². The molecule has 1 aromatic rings. The second-order valence-corrected chi connectivity index (χ2v) is 4.70. The fourth-order valence-electron chi connectivity index (χ4n) is 1.08. The standard InChI is InChI=1S/C8H11N3OS2/c1-12-7-4-6(14-11-7)5-10-8-9-2-3-13-8/h4H,2-3,5H2,1H3,(H,9,10). The Morgan fingerprint density at radius 2 is 2.57 bits per heavy atom. The first-order valence-corrected chi connectivity index (χ1v) is 6.05. The fourth-order valence-corrected chi connectivity index (χ4v) is 2.44. The summed E-state index contributed by atoms with van der Waals surface area (Å²) in [6.07, 6.45) is 0. The molecule has 14 heavy (non-hydrogen) atoms. The van der Waals surface area contributed by atoms with E-state index >= 15 is 0 Å². The van der Waals surface area contributed by atoms with Crippen molar-refractivity contribution in [3.8, 4) is 5.88 Å². The van der Waals surface area contributed by atoms with E-state index in [0.717, 1.165) is 28.9 Å². The molecule has 0 saturated heterocycles. The van der Waals surface area contributed by atoms with E-state index in [4.69, 9.17) is 4.74 Å². The molecule has 0 aromatic carbocycles. The topological polar surface area (TPSA) is 46.5 Å². The van der Waals surface area contributed by atoms with Crippen molar-refractivity contribution in [1.82, 2.24) is 9.69 Å². The normalized spacial score (nSPS) is 15.4. The van der Waals surface area contributed by atoms with Crippen molar-refractivity contribution in [1.29, 1.82) is 0 Å². The first-order valence-electron chi connectivity index (χ1n) is 4.29. The Labute approximate surface area is 90.9 Å². The number of amidine groups is 1. The molecule has 0 unspecified atom stereocenters. The van der Waals surface area contributed by atoms with E-state index in [1.165, 1.54) is 11.5 Å². The Morgan fingerprint density at radius 1 is 1.64 bits per heavy atom. The largest absolute Gasteiger partial charge is 0.480 e. The van der Waals surface area contributed by atoms with Crippen LogP contribution in [0, 0.1) is 0 Å². The van der Waals surface area contributed by atoms with E-state index in [2.05, 4.69) is 14.7 Å². The van der Waals surface area contributed by atoms with Crippen LogP contribution in [0.5, 0.6) is 5.88 Å². The van der Waals surface area contributed by atoms with Crippen LogP contribution in [0.2, 0.25) is 0 Å². The van der Waals surface area contributed by atoms with Gasteiger partial charge in [0.1, 0.15) is 0 Å². The highest BCUT2D eigenvalue weighted by atomic mass is 32.2. The van der Waals surface area contributed by atoms with Gasteiger partial charge in [-0.2, -0.15) is 4.37 Å². The van der Waals surface area contributed by atoms with Crippen molar-refractivity contribution >= 4 is 28.5 Å². The van der Waals surface area contributed by atoms with Gasteiger partial charge in [0.15, 0.2) is 5.17 Å². The first-order chi connectivity index (χ1) is 6.88. The van der Waals surface area contributed by atoms with E-state index in [9.17, 15) is 0 Å². The summed E-state index contributed by atoms with van der Waals surface area (Å²) < 4.78 is 9.12. The van der Waals surface area contributed by atoms with Crippen LogP contribution in [-0.2, 0) is 6.54 Å². The van der Waals surface area contributed by atoms with Gasteiger partial charge in [-0.1, -0.05) is 11.8 Å². The van der Waals surface area contributed by atoms with E-state index in [1.807, 2.05) is 6.07 Å². The predicted molar refractivity (Wildman–Crippen MR) is 60.3 cm³/mol. The van der Waals surface area contributed by atoms with Gasteiger partial charge >= 0.3 is 0 Å². The summed E-state index contributed by atoms with van der Waals surface area (Å²) in [4.78, 5) is 5.46. The Balaban J connectivity index is 1.85. The molecule has 0 radical (unpaired) electrons. The van der Waals surface area contributed by atoms with Gasteiger partial charge in [0.05, 0.1) is 20.2 Å². The lowest BCUT2D eigenvalue weighted by Crippen LogP contribution is -2.17. The predicted octanol–water partition coefficient (Wildman–Crippen LogP) is 1.34. The molecule has 0 spiro atoms. The first kappa shape index (κ1) is 9.79. The van der Waals surface area contributed by atoms with Gasteiger partial charge in [-0.05, 0) is 11.5 Å². The third-order valence-electron chi connectivity index (χ3n) is 1.75. The van der Waals surface area contributed by atoms with Crippen LogP contribution in [-0.4, -0.2) is 28.9 Å². The molecule has 4 nitrogen and oxygen atoms in total. The van der Waals surface area contributed by atoms with Gasteiger partial charge in [-0.3, -0.25) is 4.99 Å². The maximum Gasteiger partial charge on any atom is 0.225 e. The van der Waals surface area contributed by atoms with Crippen LogP contribution in [0.25, 0.3) is 0 Å².